The molecule has 106 valence electrons. The molecule has 0 bridgehead atoms. The predicted molar refractivity (Wildman–Crippen MR) is 73.8 cm³/mol. The monoisotopic (exact) mass is 276 g/mol. The smallest absolute Gasteiger partial charge is 0.236 e. The van der Waals surface area contributed by atoms with Gasteiger partial charge >= 0.3 is 0 Å². The van der Waals surface area contributed by atoms with Crippen LogP contribution < -0.4 is 5.73 Å². The van der Waals surface area contributed by atoms with Gasteiger partial charge in [0.05, 0.1) is 12.6 Å². The van der Waals surface area contributed by atoms with E-state index in [1.165, 1.54) is 25.7 Å². The van der Waals surface area contributed by atoms with E-state index in [1.807, 2.05) is 18.9 Å². The number of hydrogen-bond acceptors (Lipinski definition) is 3. The molecule has 0 heterocycles. The third kappa shape index (κ3) is 2.38. The fourth-order valence-electron chi connectivity index (χ4n) is 3.71. The third-order valence-electron chi connectivity index (χ3n) is 4.68. The van der Waals surface area contributed by atoms with Crippen LogP contribution in [0, 0.1) is 5.41 Å². The van der Waals surface area contributed by atoms with Crippen molar-refractivity contribution in [3.05, 3.63) is 0 Å². The molecular formula is C13H25ClN2O2. The van der Waals surface area contributed by atoms with E-state index >= 15 is 0 Å². The molecule has 2 aliphatic carbocycles. The molecule has 2 saturated carbocycles. The van der Waals surface area contributed by atoms with Gasteiger partial charge in [0.1, 0.15) is 0 Å². The Labute approximate surface area is 116 Å². The Morgan fingerprint density at radius 2 is 2.06 bits per heavy atom. The zero-order valence-corrected chi connectivity index (χ0v) is 12.2. The number of nitrogens with zero attached hydrogens (tertiary/aromatic N) is 1. The molecule has 0 saturated heterocycles. The number of amides is 1. The highest BCUT2D eigenvalue weighted by Crippen LogP contribution is 2.56. The lowest BCUT2D eigenvalue weighted by Crippen LogP contribution is -2.64. The summed E-state index contributed by atoms with van der Waals surface area (Å²) >= 11 is 0. The molecule has 1 spiro atoms. The molecule has 2 aliphatic rings. The highest BCUT2D eigenvalue weighted by Gasteiger charge is 2.58. The van der Waals surface area contributed by atoms with Crippen LogP contribution in [-0.4, -0.2) is 43.2 Å². The minimum atomic E-state index is 0. The van der Waals surface area contributed by atoms with E-state index in [4.69, 9.17) is 10.5 Å². The summed E-state index contributed by atoms with van der Waals surface area (Å²) < 4.78 is 5.84. The van der Waals surface area contributed by atoms with Gasteiger partial charge in [-0.15, -0.1) is 12.4 Å². The largest absolute Gasteiger partial charge is 0.378 e. The van der Waals surface area contributed by atoms with Gasteiger partial charge in [-0.2, -0.15) is 0 Å². The topological polar surface area (TPSA) is 55.6 Å². The van der Waals surface area contributed by atoms with Crippen LogP contribution in [0.2, 0.25) is 0 Å². The van der Waals surface area contributed by atoms with E-state index in [1.54, 1.807) is 0 Å². The van der Waals surface area contributed by atoms with Crippen LogP contribution in [0.1, 0.15) is 39.0 Å². The molecule has 2 unspecified atom stereocenters. The number of hydrogen-bond donors (Lipinski definition) is 1. The fourth-order valence-corrected chi connectivity index (χ4v) is 3.71. The Hall–Kier alpha value is -0.320. The molecule has 4 nitrogen and oxygen atoms in total. The summed E-state index contributed by atoms with van der Waals surface area (Å²) in [4.78, 5) is 13.6. The van der Waals surface area contributed by atoms with Crippen LogP contribution in [-0.2, 0) is 9.53 Å². The summed E-state index contributed by atoms with van der Waals surface area (Å²) in [5.74, 6) is 0.0521. The van der Waals surface area contributed by atoms with E-state index in [0.717, 1.165) is 13.0 Å². The first-order chi connectivity index (χ1) is 8.15. The Balaban J connectivity index is 0.00000162. The van der Waals surface area contributed by atoms with Gasteiger partial charge in [-0.1, -0.05) is 12.8 Å². The minimum absolute atomic E-state index is 0. The Kier molecular flexibility index (Phi) is 5.44. The number of carbonyl (C=O) groups is 1. The molecule has 2 rings (SSSR count). The summed E-state index contributed by atoms with van der Waals surface area (Å²) in [6.07, 6.45) is 6.27. The first-order valence-electron chi connectivity index (χ1n) is 6.73. The molecule has 0 aliphatic heterocycles. The highest BCUT2D eigenvalue weighted by atomic mass is 35.5. The maximum atomic E-state index is 11.7. The summed E-state index contributed by atoms with van der Waals surface area (Å²) in [5, 5.41) is 0. The number of carbonyl (C=O) groups excluding carboxylic acids is 1. The number of nitrogens with two attached hydrogens (primary N) is 1. The second-order valence-corrected chi connectivity index (χ2v) is 5.34. The van der Waals surface area contributed by atoms with Crippen LogP contribution >= 0.6 is 12.4 Å². The van der Waals surface area contributed by atoms with E-state index in [2.05, 4.69) is 0 Å². The average molecular weight is 277 g/mol. The number of ether oxygens (including phenoxy) is 1. The molecule has 5 heteroatoms. The van der Waals surface area contributed by atoms with Gasteiger partial charge in [0.15, 0.2) is 0 Å². The van der Waals surface area contributed by atoms with Crippen LogP contribution in [0.25, 0.3) is 0 Å². The van der Waals surface area contributed by atoms with E-state index in [0.29, 0.717) is 12.1 Å². The van der Waals surface area contributed by atoms with Crippen LogP contribution in [0.4, 0.5) is 0 Å². The molecular weight excluding hydrogens is 252 g/mol. The van der Waals surface area contributed by atoms with Crippen molar-refractivity contribution in [2.75, 3.05) is 20.2 Å². The molecule has 18 heavy (non-hydrogen) atoms. The van der Waals surface area contributed by atoms with Gasteiger partial charge in [0.25, 0.3) is 0 Å². The van der Waals surface area contributed by atoms with Crippen LogP contribution in [0.3, 0.4) is 0 Å². The lowest BCUT2D eigenvalue weighted by molar-refractivity contribution is -0.171. The summed E-state index contributed by atoms with van der Waals surface area (Å²) in [5.41, 5.74) is 5.68. The quantitative estimate of drug-likeness (QED) is 0.848. The second kappa shape index (κ2) is 6.22. The summed E-state index contributed by atoms with van der Waals surface area (Å²) in [6, 6.07) is 0.345. The van der Waals surface area contributed by atoms with E-state index in [-0.39, 0.29) is 30.3 Å². The SMILES string of the molecule is CCOC1CC(N(C)C(=O)CN)C12CCCC2.Cl. The third-order valence-corrected chi connectivity index (χ3v) is 4.68. The molecule has 2 N–H and O–H groups in total. The zero-order chi connectivity index (χ0) is 12.5. The van der Waals surface area contributed by atoms with Crippen molar-refractivity contribution in [1.29, 1.82) is 0 Å². The Morgan fingerprint density at radius 1 is 1.44 bits per heavy atom. The van der Waals surface area contributed by atoms with E-state index < -0.39 is 0 Å². The lowest BCUT2D eigenvalue weighted by atomic mass is 9.60. The Bertz CT molecular complexity index is 293. The standard InChI is InChI=1S/C13H24N2O2.ClH/c1-3-17-11-8-10(15(2)12(16)9-14)13(11)6-4-5-7-13;/h10-11H,3-9,14H2,1-2H3;1H. The first kappa shape index (κ1) is 15.7. The maximum absolute atomic E-state index is 11.7. The minimum Gasteiger partial charge on any atom is -0.378 e. The normalized spacial score (nSPS) is 28.6. The first-order valence-corrected chi connectivity index (χ1v) is 6.73. The van der Waals surface area contributed by atoms with Crippen molar-refractivity contribution in [2.24, 2.45) is 11.1 Å². The van der Waals surface area contributed by atoms with E-state index in [9.17, 15) is 4.79 Å². The van der Waals surface area contributed by atoms with Crippen molar-refractivity contribution in [2.45, 2.75) is 51.2 Å². The molecule has 2 fully saturated rings. The van der Waals surface area contributed by atoms with Crippen molar-refractivity contribution >= 4 is 18.3 Å². The summed E-state index contributed by atoms with van der Waals surface area (Å²) in [6.45, 7) is 2.93. The van der Waals surface area contributed by atoms with Crippen molar-refractivity contribution in [3.63, 3.8) is 0 Å². The van der Waals surface area contributed by atoms with Gasteiger partial charge in [-0.3, -0.25) is 4.79 Å². The average Bonchev–Trinajstić information content (AvgIpc) is 2.84. The summed E-state index contributed by atoms with van der Waals surface area (Å²) in [7, 11) is 1.89. The highest BCUT2D eigenvalue weighted by molar-refractivity contribution is 5.85. The molecule has 2 atom stereocenters. The van der Waals surface area contributed by atoms with Gasteiger partial charge in [-0.25, -0.2) is 0 Å². The van der Waals surface area contributed by atoms with Gasteiger partial charge < -0.3 is 15.4 Å². The fraction of sp³-hybridized carbons (Fsp3) is 0.923. The van der Waals surface area contributed by atoms with Crippen LogP contribution in [0.15, 0.2) is 0 Å². The maximum Gasteiger partial charge on any atom is 0.236 e. The predicted octanol–water partition coefficient (Wildman–Crippen LogP) is 1.56. The van der Waals surface area contributed by atoms with Gasteiger partial charge in [0.2, 0.25) is 5.91 Å². The zero-order valence-electron chi connectivity index (χ0n) is 11.4. The number of rotatable bonds is 4. The molecule has 0 radical (unpaired) electrons. The molecule has 0 aromatic heterocycles. The second-order valence-electron chi connectivity index (χ2n) is 5.34. The Morgan fingerprint density at radius 3 is 2.56 bits per heavy atom. The number of halogens is 1. The van der Waals surface area contributed by atoms with Crippen LogP contribution in [0.5, 0.6) is 0 Å². The van der Waals surface area contributed by atoms with Crippen molar-refractivity contribution < 1.29 is 9.53 Å². The van der Waals surface area contributed by atoms with Gasteiger partial charge in [0, 0.05) is 25.1 Å². The lowest BCUT2D eigenvalue weighted by Gasteiger charge is -2.57. The number of likely N-dealkylation sites (N-methyl/N-ethyl adjacent to an activating group) is 1. The van der Waals surface area contributed by atoms with Crippen molar-refractivity contribution in [1.82, 2.24) is 4.90 Å². The molecule has 0 aromatic rings. The van der Waals surface area contributed by atoms with Crippen molar-refractivity contribution in [3.8, 4) is 0 Å². The molecule has 1 amide bonds. The van der Waals surface area contributed by atoms with Gasteiger partial charge in [-0.05, 0) is 26.2 Å². The molecule has 0 aromatic carbocycles.